The van der Waals surface area contributed by atoms with Crippen LogP contribution in [0, 0.1) is 11.3 Å². The van der Waals surface area contributed by atoms with E-state index in [2.05, 4.69) is 10.4 Å². The minimum absolute atomic E-state index is 0.0490. The summed E-state index contributed by atoms with van der Waals surface area (Å²) < 4.78 is 37.0. The third-order valence-electron chi connectivity index (χ3n) is 7.44. The van der Waals surface area contributed by atoms with Gasteiger partial charge in [0.15, 0.2) is 5.69 Å². The van der Waals surface area contributed by atoms with Gasteiger partial charge in [-0.15, -0.1) is 0 Å². The van der Waals surface area contributed by atoms with E-state index >= 15 is 8.78 Å². The van der Waals surface area contributed by atoms with Crippen molar-refractivity contribution in [3.63, 3.8) is 0 Å². The van der Waals surface area contributed by atoms with Crippen molar-refractivity contribution in [2.75, 3.05) is 44.0 Å². The van der Waals surface area contributed by atoms with Crippen LogP contribution in [0.3, 0.4) is 0 Å². The van der Waals surface area contributed by atoms with E-state index in [-0.39, 0.29) is 53.3 Å². The predicted molar refractivity (Wildman–Crippen MR) is 161 cm³/mol. The predicted octanol–water partition coefficient (Wildman–Crippen LogP) is 3.77. The van der Waals surface area contributed by atoms with Gasteiger partial charge in [0.1, 0.15) is 11.8 Å². The zero-order valence-corrected chi connectivity index (χ0v) is 24.4. The summed E-state index contributed by atoms with van der Waals surface area (Å²) in [5.41, 5.74) is 5.80. The average molecular weight is 614 g/mol. The standard InChI is InChI=1S/C32H29F2N7O4/c1-39(19-28(36)42)17-25-18-40(24-11-9-23(10-12-24)32(33,34)22-6-4-3-5-7-22)31(44)29-26(16-37-41(25)29)38-30(43)20-8-13-27(45-2)21(14-20)15-35/h3-14,16,25H,17-19H2,1-2H3,(H2,36,42)(H,38,43). The Labute approximate surface area is 257 Å². The molecule has 13 heteroatoms. The number of alkyl halides is 2. The van der Waals surface area contributed by atoms with Gasteiger partial charge in [-0.2, -0.15) is 19.1 Å². The lowest BCUT2D eigenvalue weighted by Crippen LogP contribution is -2.47. The van der Waals surface area contributed by atoms with E-state index in [0.29, 0.717) is 11.4 Å². The molecule has 0 bridgehead atoms. The molecule has 5 rings (SSSR count). The number of primary amides is 1. The zero-order valence-electron chi connectivity index (χ0n) is 24.4. The highest BCUT2D eigenvalue weighted by molar-refractivity contribution is 6.13. The smallest absolute Gasteiger partial charge is 0.298 e. The molecule has 1 aromatic heterocycles. The Balaban J connectivity index is 1.47. The molecule has 0 saturated heterocycles. The second-order valence-corrected chi connectivity index (χ2v) is 10.6. The van der Waals surface area contributed by atoms with E-state index in [1.165, 1.54) is 89.6 Å². The largest absolute Gasteiger partial charge is 0.495 e. The van der Waals surface area contributed by atoms with Crippen LogP contribution in [-0.4, -0.2) is 66.2 Å². The first-order valence-corrected chi connectivity index (χ1v) is 13.8. The van der Waals surface area contributed by atoms with Crippen molar-refractivity contribution < 1.29 is 27.9 Å². The molecule has 230 valence electrons. The first-order valence-electron chi connectivity index (χ1n) is 13.8. The quantitative estimate of drug-likeness (QED) is 0.277. The molecule has 4 aromatic rings. The lowest BCUT2D eigenvalue weighted by Gasteiger charge is -2.35. The molecule has 3 aromatic carbocycles. The number of fused-ring (bicyclic) bond motifs is 1. The summed E-state index contributed by atoms with van der Waals surface area (Å²) in [6.45, 7) is 0.304. The number of nitriles is 1. The Hall–Kier alpha value is -5.61. The molecule has 11 nitrogen and oxygen atoms in total. The van der Waals surface area contributed by atoms with Crippen molar-refractivity contribution in [3.05, 3.63) is 107 Å². The number of nitrogens with two attached hydrogens (primary N) is 1. The number of anilines is 2. The van der Waals surface area contributed by atoms with E-state index in [1.54, 1.807) is 18.0 Å². The lowest BCUT2D eigenvalue weighted by atomic mass is 10.00. The van der Waals surface area contributed by atoms with Crippen LogP contribution in [0.1, 0.15) is 43.6 Å². The summed E-state index contributed by atoms with van der Waals surface area (Å²) in [5, 5.41) is 16.5. The van der Waals surface area contributed by atoms with Gasteiger partial charge in [0.25, 0.3) is 17.7 Å². The zero-order chi connectivity index (χ0) is 32.3. The van der Waals surface area contributed by atoms with Gasteiger partial charge in [0, 0.05) is 28.9 Å². The monoisotopic (exact) mass is 613 g/mol. The number of nitrogens with one attached hydrogen (secondary N) is 1. The first kappa shape index (κ1) is 30.8. The normalized spacial score (nSPS) is 14.5. The number of carbonyl (C=O) groups is 3. The summed E-state index contributed by atoms with van der Waals surface area (Å²) in [6.07, 6.45) is 1.34. The number of rotatable bonds is 10. The number of benzene rings is 3. The van der Waals surface area contributed by atoms with Crippen molar-refractivity contribution in [2.24, 2.45) is 5.73 Å². The molecular weight excluding hydrogens is 584 g/mol. The van der Waals surface area contributed by atoms with Gasteiger partial charge < -0.3 is 20.7 Å². The maximum absolute atomic E-state index is 15.2. The number of likely N-dealkylation sites (N-methyl/N-ethyl adjacent to an activating group) is 1. The van der Waals surface area contributed by atoms with Crippen LogP contribution in [-0.2, 0) is 10.7 Å². The van der Waals surface area contributed by atoms with Gasteiger partial charge in [0.2, 0.25) is 5.91 Å². The van der Waals surface area contributed by atoms with Crippen molar-refractivity contribution in [3.8, 4) is 11.8 Å². The molecule has 45 heavy (non-hydrogen) atoms. The third kappa shape index (κ3) is 6.22. The minimum Gasteiger partial charge on any atom is -0.495 e. The van der Waals surface area contributed by atoms with Crippen molar-refractivity contribution in [1.29, 1.82) is 5.26 Å². The van der Waals surface area contributed by atoms with Gasteiger partial charge in [0.05, 0.1) is 43.7 Å². The second kappa shape index (κ2) is 12.6. The average Bonchev–Trinajstić information content (AvgIpc) is 3.46. The number of carbonyl (C=O) groups excluding carboxylic acids is 3. The fourth-order valence-electron chi connectivity index (χ4n) is 5.29. The molecule has 1 aliphatic heterocycles. The maximum atomic E-state index is 15.2. The number of ether oxygens (including phenoxy) is 1. The Morgan fingerprint density at radius 1 is 1.13 bits per heavy atom. The molecule has 1 aliphatic rings. The van der Waals surface area contributed by atoms with Crippen LogP contribution in [0.15, 0.2) is 79.0 Å². The number of methoxy groups -OCH3 is 1. The minimum atomic E-state index is -3.26. The molecule has 0 aliphatic carbocycles. The molecule has 3 N–H and O–H groups in total. The number of hydrogen-bond donors (Lipinski definition) is 2. The van der Waals surface area contributed by atoms with E-state index in [0.717, 1.165) is 0 Å². The van der Waals surface area contributed by atoms with Crippen LogP contribution < -0.4 is 20.7 Å². The molecule has 0 fully saturated rings. The molecule has 0 spiro atoms. The van der Waals surface area contributed by atoms with E-state index in [4.69, 9.17) is 10.5 Å². The molecule has 3 amide bonds. The second-order valence-electron chi connectivity index (χ2n) is 10.6. The number of nitrogens with zero attached hydrogens (tertiary/aromatic N) is 5. The van der Waals surface area contributed by atoms with Gasteiger partial charge >= 0.3 is 0 Å². The summed E-state index contributed by atoms with van der Waals surface area (Å²) in [5.74, 6) is -4.61. The van der Waals surface area contributed by atoms with Crippen LogP contribution in [0.2, 0.25) is 0 Å². The van der Waals surface area contributed by atoms with E-state index in [9.17, 15) is 19.6 Å². The summed E-state index contributed by atoms with van der Waals surface area (Å²) in [4.78, 5) is 41.8. The van der Waals surface area contributed by atoms with Gasteiger partial charge in [-0.3, -0.25) is 24.0 Å². The van der Waals surface area contributed by atoms with Gasteiger partial charge in [-0.05, 0) is 37.4 Å². The highest BCUT2D eigenvalue weighted by Gasteiger charge is 2.38. The highest BCUT2D eigenvalue weighted by Crippen LogP contribution is 2.37. The molecule has 1 atom stereocenters. The Bertz CT molecular complexity index is 1790. The summed E-state index contributed by atoms with van der Waals surface area (Å²) in [6, 6.07) is 18.7. The summed E-state index contributed by atoms with van der Waals surface area (Å²) in [7, 11) is 3.10. The van der Waals surface area contributed by atoms with Crippen LogP contribution in [0.25, 0.3) is 0 Å². The van der Waals surface area contributed by atoms with Crippen molar-refractivity contribution in [1.82, 2.24) is 14.7 Å². The SMILES string of the molecule is COc1ccc(C(=O)Nc2cnn3c2C(=O)N(c2ccc(C(F)(F)c4ccccc4)cc2)CC3CN(C)CC(N)=O)cc1C#N. The Morgan fingerprint density at radius 3 is 2.47 bits per heavy atom. The number of hydrogen-bond acceptors (Lipinski definition) is 7. The van der Waals surface area contributed by atoms with Crippen molar-refractivity contribution in [2.45, 2.75) is 12.0 Å². The van der Waals surface area contributed by atoms with E-state index < -0.39 is 29.7 Å². The molecule has 2 heterocycles. The highest BCUT2D eigenvalue weighted by atomic mass is 19.3. The Morgan fingerprint density at radius 2 is 1.82 bits per heavy atom. The maximum Gasteiger partial charge on any atom is 0.298 e. The Kier molecular flexibility index (Phi) is 8.60. The van der Waals surface area contributed by atoms with Crippen LogP contribution in [0.4, 0.5) is 20.2 Å². The van der Waals surface area contributed by atoms with E-state index in [1.807, 2.05) is 6.07 Å². The molecule has 1 unspecified atom stereocenters. The fraction of sp³-hybridized carbons (Fsp3) is 0.219. The molecule has 0 saturated carbocycles. The summed E-state index contributed by atoms with van der Waals surface area (Å²) >= 11 is 0. The molecular formula is C32H29F2N7O4. The van der Waals surface area contributed by atoms with Crippen molar-refractivity contribution >= 4 is 29.1 Å². The number of halogens is 2. The van der Waals surface area contributed by atoms with Crippen LogP contribution >= 0.6 is 0 Å². The lowest BCUT2D eigenvalue weighted by molar-refractivity contribution is -0.118. The fourth-order valence-corrected chi connectivity index (χ4v) is 5.29. The van der Waals surface area contributed by atoms with Gasteiger partial charge in [-0.1, -0.05) is 42.5 Å². The third-order valence-corrected chi connectivity index (χ3v) is 7.44. The van der Waals surface area contributed by atoms with Gasteiger partial charge in [-0.25, -0.2) is 0 Å². The topological polar surface area (TPSA) is 147 Å². The number of aromatic nitrogens is 2. The number of amides is 3. The molecule has 0 radical (unpaired) electrons. The first-order chi connectivity index (χ1) is 21.5. The van der Waals surface area contributed by atoms with Crippen LogP contribution in [0.5, 0.6) is 5.75 Å².